The molecule has 2 amide bonds. The van der Waals surface area contributed by atoms with Crippen LogP contribution in [0.4, 0.5) is 10.1 Å². The largest absolute Gasteiger partial charge is 0.454 e. The van der Waals surface area contributed by atoms with Gasteiger partial charge in [-0.1, -0.05) is 24.3 Å². The van der Waals surface area contributed by atoms with Gasteiger partial charge in [-0.15, -0.1) is 0 Å². The molecule has 7 heteroatoms. The maximum Gasteiger partial charge on any atom is 0.253 e. The number of ether oxygens (including phenoxy) is 2. The summed E-state index contributed by atoms with van der Waals surface area (Å²) < 4.78 is 25.4. The van der Waals surface area contributed by atoms with E-state index in [1.807, 2.05) is 18.2 Å². The van der Waals surface area contributed by atoms with Crippen LogP contribution in [0.5, 0.6) is 11.5 Å². The van der Waals surface area contributed by atoms with Gasteiger partial charge in [0, 0.05) is 19.7 Å². The molecule has 1 fully saturated rings. The third-order valence-corrected chi connectivity index (χ3v) is 6.17. The lowest BCUT2D eigenvalue weighted by molar-refractivity contribution is -0.118. The molecule has 0 bridgehead atoms. The molecule has 3 aromatic rings. The molecule has 1 saturated carbocycles. The molecule has 0 unspecified atom stereocenters. The first-order valence-electron chi connectivity index (χ1n) is 10.7. The minimum atomic E-state index is -0.707. The van der Waals surface area contributed by atoms with Crippen LogP contribution < -0.4 is 14.8 Å². The summed E-state index contributed by atoms with van der Waals surface area (Å²) in [6.07, 6.45) is 1.35. The standard InChI is InChI=1S/C26H23FN2O4/c1-29(2)24(30)18-5-3-4-16(12-18)17-6-8-20(27)21(13-17)28-25(31)26(10-11-26)19-7-9-22-23(14-19)33-15-32-22/h3-9,12-14H,10-11,15H2,1-2H3,(H,28,31). The molecule has 1 N–H and O–H groups in total. The highest BCUT2D eigenvalue weighted by Gasteiger charge is 2.51. The number of halogens is 1. The fraction of sp³-hybridized carbons (Fsp3) is 0.231. The van der Waals surface area contributed by atoms with E-state index in [1.54, 1.807) is 50.5 Å². The number of hydrogen-bond donors (Lipinski definition) is 1. The molecule has 1 heterocycles. The van der Waals surface area contributed by atoms with Gasteiger partial charge >= 0.3 is 0 Å². The van der Waals surface area contributed by atoms with Crippen LogP contribution in [-0.2, 0) is 10.2 Å². The molecule has 2 aliphatic rings. The lowest BCUT2D eigenvalue weighted by Gasteiger charge is -2.17. The van der Waals surface area contributed by atoms with Crippen molar-refractivity contribution in [3.05, 3.63) is 77.6 Å². The van der Waals surface area contributed by atoms with Crippen molar-refractivity contribution in [2.75, 3.05) is 26.2 Å². The van der Waals surface area contributed by atoms with Crippen molar-refractivity contribution >= 4 is 17.5 Å². The summed E-state index contributed by atoms with van der Waals surface area (Å²) >= 11 is 0. The lowest BCUT2D eigenvalue weighted by Crippen LogP contribution is -2.28. The van der Waals surface area contributed by atoms with Crippen molar-refractivity contribution in [1.82, 2.24) is 4.90 Å². The summed E-state index contributed by atoms with van der Waals surface area (Å²) in [5.74, 6) is 0.380. The Balaban J connectivity index is 1.41. The number of nitrogens with one attached hydrogen (secondary N) is 1. The number of rotatable bonds is 5. The van der Waals surface area contributed by atoms with Crippen molar-refractivity contribution in [1.29, 1.82) is 0 Å². The first kappa shape index (κ1) is 21.0. The van der Waals surface area contributed by atoms with Gasteiger partial charge in [0.25, 0.3) is 5.91 Å². The first-order valence-corrected chi connectivity index (χ1v) is 10.7. The Kier molecular flexibility index (Phi) is 5.04. The first-order chi connectivity index (χ1) is 15.9. The number of anilines is 1. The number of amides is 2. The molecule has 3 aromatic carbocycles. The Morgan fingerprint density at radius 3 is 2.45 bits per heavy atom. The Labute approximate surface area is 190 Å². The summed E-state index contributed by atoms with van der Waals surface area (Å²) in [5, 5.41) is 2.78. The minimum absolute atomic E-state index is 0.105. The van der Waals surface area contributed by atoms with Crippen LogP contribution in [0, 0.1) is 5.82 Å². The van der Waals surface area contributed by atoms with Crippen molar-refractivity contribution in [3.8, 4) is 22.6 Å². The highest BCUT2D eigenvalue weighted by molar-refractivity contribution is 6.02. The normalized spacial score (nSPS) is 15.1. The SMILES string of the molecule is CN(C)C(=O)c1cccc(-c2ccc(F)c(NC(=O)C3(c4ccc5c(c4)OCO5)CC3)c2)c1. The molecule has 0 radical (unpaired) electrons. The van der Waals surface area contributed by atoms with E-state index in [-0.39, 0.29) is 24.3 Å². The molecule has 0 spiro atoms. The van der Waals surface area contributed by atoms with E-state index in [4.69, 9.17) is 9.47 Å². The van der Waals surface area contributed by atoms with Gasteiger partial charge in [-0.25, -0.2) is 4.39 Å². The Morgan fingerprint density at radius 2 is 1.70 bits per heavy atom. The zero-order valence-electron chi connectivity index (χ0n) is 18.4. The number of benzene rings is 3. The highest BCUT2D eigenvalue weighted by atomic mass is 19.1. The van der Waals surface area contributed by atoms with Gasteiger partial charge in [0.1, 0.15) is 5.82 Å². The van der Waals surface area contributed by atoms with E-state index in [2.05, 4.69) is 5.32 Å². The molecular weight excluding hydrogens is 423 g/mol. The van der Waals surface area contributed by atoms with Gasteiger partial charge < -0.3 is 19.7 Å². The van der Waals surface area contributed by atoms with Crippen molar-refractivity contribution in [2.45, 2.75) is 18.3 Å². The number of fused-ring (bicyclic) bond motifs is 1. The molecule has 0 saturated heterocycles. The molecular formula is C26H23FN2O4. The Bertz CT molecular complexity index is 1270. The topological polar surface area (TPSA) is 67.9 Å². The van der Waals surface area contributed by atoms with E-state index < -0.39 is 11.2 Å². The van der Waals surface area contributed by atoms with Gasteiger partial charge in [0.05, 0.1) is 11.1 Å². The lowest BCUT2D eigenvalue weighted by atomic mass is 9.94. The van der Waals surface area contributed by atoms with E-state index in [0.29, 0.717) is 35.5 Å². The number of nitrogens with zero attached hydrogens (tertiary/aromatic N) is 1. The molecule has 1 aliphatic heterocycles. The predicted octanol–water partition coefficient (Wildman–Crippen LogP) is 4.59. The second-order valence-corrected chi connectivity index (χ2v) is 8.58. The Hall–Kier alpha value is -3.87. The number of carbonyl (C=O) groups is 2. The minimum Gasteiger partial charge on any atom is -0.454 e. The van der Waals surface area contributed by atoms with Gasteiger partial charge in [0.2, 0.25) is 12.7 Å². The van der Waals surface area contributed by atoms with Crippen LogP contribution in [0.3, 0.4) is 0 Å². The van der Waals surface area contributed by atoms with E-state index in [0.717, 1.165) is 11.1 Å². The quantitative estimate of drug-likeness (QED) is 0.622. The van der Waals surface area contributed by atoms with Crippen LogP contribution in [0.25, 0.3) is 11.1 Å². The average Bonchev–Trinajstić information content (AvgIpc) is 3.50. The second kappa shape index (κ2) is 7.92. The van der Waals surface area contributed by atoms with Gasteiger partial charge in [-0.3, -0.25) is 9.59 Å². The number of hydrogen-bond acceptors (Lipinski definition) is 4. The summed E-state index contributed by atoms with van der Waals surface area (Å²) in [5.41, 5.74) is 2.22. The third-order valence-electron chi connectivity index (χ3n) is 6.17. The number of carbonyl (C=O) groups excluding carboxylic acids is 2. The highest BCUT2D eigenvalue weighted by Crippen LogP contribution is 2.51. The van der Waals surface area contributed by atoms with Crippen molar-refractivity contribution < 1.29 is 23.5 Å². The van der Waals surface area contributed by atoms with Gasteiger partial charge in [0.15, 0.2) is 11.5 Å². The van der Waals surface area contributed by atoms with Crippen molar-refractivity contribution in [2.24, 2.45) is 0 Å². The van der Waals surface area contributed by atoms with Crippen LogP contribution >= 0.6 is 0 Å². The summed E-state index contributed by atoms with van der Waals surface area (Å²) in [7, 11) is 3.38. The summed E-state index contributed by atoms with van der Waals surface area (Å²) in [6, 6.07) is 17.2. The fourth-order valence-corrected chi connectivity index (χ4v) is 4.10. The fourth-order valence-electron chi connectivity index (χ4n) is 4.10. The van der Waals surface area contributed by atoms with Crippen molar-refractivity contribution in [3.63, 3.8) is 0 Å². The Morgan fingerprint density at radius 1 is 0.939 bits per heavy atom. The smallest absolute Gasteiger partial charge is 0.253 e. The third kappa shape index (κ3) is 3.80. The maximum atomic E-state index is 14.6. The summed E-state index contributed by atoms with van der Waals surface area (Å²) in [6.45, 7) is 0.164. The monoisotopic (exact) mass is 446 g/mol. The van der Waals surface area contributed by atoms with E-state index in [1.165, 1.54) is 11.0 Å². The average molecular weight is 446 g/mol. The maximum absolute atomic E-state index is 14.6. The van der Waals surface area contributed by atoms with Gasteiger partial charge in [-0.05, 0) is 65.9 Å². The van der Waals surface area contributed by atoms with Crippen LogP contribution in [0.2, 0.25) is 0 Å². The molecule has 0 atom stereocenters. The molecule has 1 aliphatic carbocycles. The predicted molar refractivity (Wildman–Crippen MR) is 122 cm³/mol. The summed E-state index contributed by atoms with van der Waals surface area (Å²) in [4.78, 5) is 27.0. The van der Waals surface area contributed by atoms with Crippen LogP contribution in [0.1, 0.15) is 28.8 Å². The van der Waals surface area contributed by atoms with E-state index >= 15 is 0 Å². The zero-order valence-corrected chi connectivity index (χ0v) is 18.4. The second-order valence-electron chi connectivity index (χ2n) is 8.58. The van der Waals surface area contributed by atoms with E-state index in [9.17, 15) is 14.0 Å². The molecule has 33 heavy (non-hydrogen) atoms. The molecule has 6 nitrogen and oxygen atoms in total. The molecule has 5 rings (SSSR count). The molecule has 0 aromatic heterocycles. The van der Waals surface area contributed by atoms with Gasteiger partial charge in [-0.2, -0.15) is 0 Å². The molecule has 168 valence electrons. The van der Waals surface area contributed by atoms with Crippen LogP contribution in [-0.4, -0.2) is 37.6 Å². The van der Waals surface area contributed by atoms with Crippen LogP contribution in [0.15, 0.2) is 60.7 Å². The zero-order chi connectivity index (χ0) is 23.2.